The molecule has 0 atom stereocenters. The molecule has 5 heterocycles. The van der Waals surface area contributed by atoms with Crippen molar-refractivity contribution in [3.63, 3.8) is 0 Å². The van der Waals surface area contributed by atoms with Crippen molar-refractivity contribution in [3.8, 4) is 5.69 Å². The lowest BCUT2D eigenvalue weighted by atomic mass is 9.79. The summed E-state index contributed by atoms with van der Waals surface area (Å²) in [5.74, 6) is 3.04. The van der Waals surface area contributed by atoms with Gasteiger partial charge in [0.1, 0.15) is 23.9 Å². The van der Waals surface area contributed by atoms with Crippen LogP contribution >= 0.6 is 22.6 Å². The smallest absolute Gasteiger partial charge is 0.410 e. The quantitative estimate of drug-likeness (QED) is 0.234. The number of halogens is 1. The summed E-state index contributed by atoms with van der Waals surface area (Å²) in [7, 11) is 0. The molecule has 306 valence electrons. The highest BCUT2D eigenvalue weighted by Crippen LogP contribution is 2.36. The van der Waals surface area contributed by atoms with Crippen LogP contribution in [0.1, 0.15) is 92.9 Å². The number of likely N-dealkylation sites (tertiary alicyclic amines) is 2. The van der Waals surface area contributed by atoms with Gasteiger partial charge in [0.25, 0.3) is 0 Å². The van der Waals surface area contributed by atoms with Gasteiger partial charge in [-0.1, -0.05) is 0 Å². The lowest BCUT2D eigenvalue weighted by Gasteiger charge is -2.41. The maximum Gasteiger partial charge on any atom is 0.410 e. The highest BCUT2D eigenvalue weighted by Gasteiger charge is 2.34. The number of carbonyl (C=O) groups excluding carboxylic acids is 2. The van der Waals surface area contributed by atoms with Crippen molar-refractivity contribution in [1.82, 2.24) is 24.6 Å². The Balaban J connectivity index is 0.000000192. The average molecular weight is 882 g/mol. The Labute approximate surface area is 348 Å². The van der Waals surface area contributed by atoms with Crippen LogP contribution in [0, 0.1) is 27.2 Å². The van der Waals surface area contributed by atoms with Crippen molar-refractivity contribution < 1.29 is 19.1 Å². The van der Waals surface area contributed by atoms with E-state index in [0.29, 0.717) is 0 Å². The van der Waals surface area contributed by atoms with E-state index in [0.717, 1.165) is 107 Å². The molecular weight excluding hydrogens is 817 g/mol. The predicted octanol–water partition coefficient (Wildman–Crippen LogP) is 9.29. The summed E-state index contributed by atoms with van der Waals surface area (Å²) in [5, 5.41) is 4.18. The van der Waals surface area contributed by atoms with E-state index in [-0.39, 0.29) is 12.2 Å². The summed E-state index contributed by atoms with van der Waals surface area (Å²) in [5.41, 5.74) is 2.83. The van der Waals surface area contributed by atoms with E-state index in [1.54, 1.807) is 17.3 Å². The summed E-state index contributed by atoms with van der Waals surface area (Å²) in [4.78, 5) is 37.3. The molecular formula is C44H64IN7O4. The van der Waals surface area contributed by atoms with Gasteiger partial charge in [-0.15, -0.1) is 0 Å². The van der Waals surface area contributed by atoms with Gasteiger partial charge in [0.2, 0.25) is 0 Å². The van der Waals surface area contributed by atoms with Crippen LogP contribution in [-0.2, 0) is 9.47 Å². The Kier molecular flexibility index (Phi) is 14.1. The van der Waals surface area contributed by atoms with Crippen molar-refractivity contribution in [1.29, 1.82) is 0 Å². The Bertz CT molecular complexity index is 1660. The number of benzene rings is 2. The monoisotopic (exact) mass is 881 g/mol. The van der Waals surface area contributed by atoms with Gasteiger partial charge in [0.05, 0.1) is 5.69 Å². The van der Waals surface area contributed by atoms with E-state index < -0.39 is 11.2 Å². The second-order valence-corrected chi connectivity index (χ2v) is 19.3. The van der Waals surface area contributed by atoms with Gasteiger partial charge in [-0.2, -0.15) is 5.10 Å². The highest BCUT2D eigenvalue weighted by atomic mass is 127. The summed E-state index contributed by atoms with van der Waals surface area (Å²) < 4.78 is 14.1. The number of piperidine rings is 4. The molecule has 4 aliphatic heterocycles. The van der Waals surface area contributed by atoms with Crippen molar-refractivity contribution in [3.05, 3.63) is 64.8 Å². The van der Waals surface area contributed by atoms with Gasteiger partial charge in [-0.05, 0) is 188 Å². The van der Waals surface area contributed by atoms with Crippen LogP contribution < -0.4 is 9.80 Å². The third-order valence-corrected chi connectivity index (χ3v) is 12.6. The molecule has 2 amide bonds. The minimum atomic E-state index is -0.422. The number of aromatic nitrogens is 3. The molecule has 0 unspecified atom stereocenters. The Morgan fingerprint density at radius 2 is 0.893 bits per heavy atom. The summed E-state index contributed by atoms with van der Waals surface area (Å²) in [6, 6.07) is 17.4. The second-order valence-electron chi connectivity index (χ2n) is 18.1. The van der Waals surface area contributed by atoms with Gasteiger partial charge in [0.15, 0.2) is 0 Å². The summed E-state index contributed by atoms with van der Waals surface area (Å²) in [6.45, 7) is 19.4. The van der Waals surface area contributed by atoms with E-state index in [1.165, 1.54) is 40.6 Å². The first kappa shape index (κ1) is 42.1. The zero-order valence-corrected chi connectivity index (χ0v) is 36.7. The first-order valence-corrected chi connectivity index (χ1v) is 21.9. The largest absolute Gasteiger partial charge is 0.444 e. The number of anilines is 2. The molecule has 0 saturated carbocycles. The minimum absolute atomic E-state index is 0.149. The first-order valence-electron chi connectivity index (χ1n) is 20.9. The Morgan fingerprint density at radius 3 is 1.23 bits per heavy atom. The van der Waals surface area contributed by atoms with Crippen molar-refractivity contribution >= 4 is 46.2 Å². The maximum absolute atomic E-state index is 12.3. The standard InChI is InChI=1S/C23H33N5O2.C21H31IN2O2/c1-23(2,3)30-22(29)27-14-10-19(11-15-27)18-8-12-26(13-9-18)20-4-6-21(7-5-20)28-17-24-16-25-28;1-21(2,3)26-20(25)24-14-10-17(11-15-24)16-8-12-23(13-9-16)19-6-4-18(22)5-7-19/h4-7,16-19H,8-15H2,1-3H3;4-7,16-17H,8-15H2,1-3H3. The Hall–Kier alpha value is -3.55. The van der Waals surface area contributed by atoms with Crippen LogP contribution in [0.3, 0.4) is 0 Å². The van der Waals surface area contributed by atoms with Crippen molar-refractivity contribution in [2.45, 2.75) is 104 Å². The van der Waals surface area contributed by atoms with Crippen LogP contribution in [0.25, 0.3) is 5.69 Å². The molecule has 0 aliphatic carbocycles. The van der Waals surface area contributed by atoms with E-state index in [2.05, 4.69) is 91.0 Å². The molecule has 0 N–H and O–H groups in total. The average Bonchev–Trinajstić information content (AvgIpc) is 3.73. The van der Waals surface area contributed by atoms with Gasteiger partial charge >= 0.3 is 12.2 Å². The number of hydrogen-bond acceptors (Lipinski definition) is 8. The van der Waals surface area contributed by atoms with E-state index in [9.17, 15) is 9.59 Å². The minimum Gasteiger partial charge on any atom is -0.444 e. The highest BCUT2D eigenvalue weighted by molar-refractivity contribution is 14.1. The number of ether oxygens (including phenoxy) is 2. The van der Waals surface area contributed by atoms with Gasteiger partial charge in [0, 0.05) is 67.3 Å². The molecule has 2 aromatic carbocycles. The fourth-order valence-electron chi connectivity index (χ4n) is 8.83. The van der Waals surface area contributed by atoms with Crippen LogP contribution in [0.2, 0.25) is 0 Å². The SMILES string of the molecule is CC(C)(C)OC(=O)N1CCC(C2CCN(c3ccc(-n4cncn4)cc3)CC2)CC1.CC(C)(C)OC(=O)N1CCC(C2CCN(c3ccc(I)cc3)CC2)CC1. The molecule has 4 aliphatic rings. The first-order chi connectivity index (χ1) is 26.7. The molecule has 0 radical (unpaired) electrons. The Morgan fingerprint density at radius 1 is 0.554 bits per heavy atom. The predicted molar refractivity (Wildman–Crippen MR) is 231 cm³/mol. The molecule has 4 saturated heterocycles. The van der Waals surface area contributed by atoms with Gasteiger partial charge in [-0.25, -0.2) is 19.3 Å². The molecule has 11 nitrogen and oxygen atoms in total. The lowest BCUT2D eigenvalue weighted by Crippen LogP contribution is -2.44. The third-order valence-electron chi connectivity index (χ3n) is 11.9. The second kappa shape index (κ2) is 18.8. The maximum atomic E-state index is 12.3. The molecule has 56 heavy (non-hydrogen) atoms. The third kappa shape index (κ3) is 12.0. The van der Waals surface area contributed by atoms with Crippen LogP contribution in [0.5, 0.6) is 0 Å². The molecule has 3 aromatic rings. The van der Waals surface area contributed by atoms with Crippen molar-refractivity contribution in [2.24, 2.45) is 23.7 Å². The summed E-state index contributed by atoms with van der Waals surface area (Å²) >= 11 is 2.36. The number of carbonyl (C=O) groups is 2. The van der Waals surface area contributed by atoms with E-state index in [1.807, 2.05) is 51.3 Å². The number of rotatable bonds is 5. The van der Waals surface area contributed by atoms with E-state index >= 15 is 0 Å². The molecule has 0 spiro atoms. The number of amides is 2. The zero-order valence-electron chi connectivity index (χ0n) is 34.5. The normalized spacial score (nSPS) is 19.7. The van der Waals surface area contributed by atoms with Crippen LogP contribution in [-0.4, -0.2) is 100 Å². The van der Waals surface area contributed by atoms with E-state index in [4.69, 9.17) is 9.47 Å². The van der Waals surface area contributed by atoms with Gasteiger partial charge in [-0.3, -0.25) is 0 Å². The lowest BCUT2D eigenvalue weighted by molar-refractivity contribution is 0.0142. The topological polar surface area (TPSA) is 96.3 Å². The van der Waals surface area contributed by atoms with Gasteiger partial charge < -0.3 is 29.1 Å². The molecule has 12 heteroatoms. The fraction of sp³-hybridized carbons (Fsp3) is 0.636. The number of hydrogen-bond donors (Lipinski definition) is 0. The summed E-state index contributed by atoms with van der Waals surface area (Å²) in [6.07, 6.45) is 12.4. The van der Waals surface area contributed by atoms with Crippen LogP contribution in [0.4, 0.5) is 21.0 Å². The van der Waals surface area contributed by atoms with Crippen LogP contribution in [0.15, 0.2) is 61.2 Å². The molecule has 0 bridgehead atoms. The molecule has 7 rings (SSSR count). The zero-order chi connectivity index (χ0) is 39.9. The molecule has 1 aromatic heterocycles. The number of nitrogens with zero attached hydrogens (tertiary/aromatic N) is 7. The fourth-order valence-corrected chi connectivity index (χ4v) is 9.19. The molecule has 4 fully saturated rings. The van der Waals surface area contributed by atoms with Crippen molar-refractivity contribution in [2.75, 3.05) is 62.2 Å².